The van der Waals surface area contributed by atoms with Crippen molar-refractivity contribution in [3.8, 4) is 11.3 Å². The van der Waals surface area contributed by atoms with Gasteiger partial charge in [-0.3, -0.25) is 4.98 Å². The van der Waals surface area contributed by atoms with Crippen LogP contribution in [0.4, 0.5) is 4.39 Å². The van der Waals surface area contributed by atoms with Crippen LogP contribution in [0.5, 0.6) is 0 Å². The zero-order valence-electron chi connectivity index (χ0n) is 16.4. The van der Waals surface area contributed by atoms with E-state index < -0.39 is 0 Å². The van der Waals surface area contributed by atoms with Gasteiger partial charge in [-0.1, -0.05) is 69.4 Å². The maximum Gasteiger partial charge on any atom is 0.144 e. The topological polar surface area (TPSA) is 26.0 Å². The third-order valence-corrected chi connectivity index (χ3v) is 5.41. The summed E-state index contributed by atoms with van der Waals surface area (Å²) in [6, 6.07) is 16.0. The Hall–Kier alpha value is -2.68. The van der Waals surface area contributed by atoms with Crippen LogP contribution in [-0.4, -0.2) is 4.98 Å². The van der Waals surface area contributed by atoms with Crippen molar-refractivity contribution >= 4 is 21.9 Å². The molecular weight excluding hydrogens is 349 g/mol. The third kappa shape index (κ3) is 3.80. The van der Waals surface area contributed by atoms with Crippen molar-refractivity contribution in [2.45, 2.75) is 51.9 Å². The first-order chi connectivity index (χ1) is 13.8. The fraction of sp³-hybridized carbons (Fsp3) is 0.320. The molecule has 0 N–H and O–H groups in total. The first kappa shape index (κ1) is 18.7. The number of benzene rings is 2. The number of furan rings is 1. The van der Waals surface area contributed by atoms with Crippen LogP contribution in [0, 0.1) is 5.82 Å². The van der Waals surface area contributed by atoms with E-state index in [0.29, 0.717) is 0 Å². The van der Waals surface area contributed by atoms with Gasteiger partial charge in [0.1, 0.15) is 17.0 Å². The Bertz CT molecular complexity index is 1080. The van der Waals surface area contributed by atoms with E-state index in [4.69, 9.17) is 4.42 Å². The van der Waals surface area contributed by atoms with Gasteiger partial charge in [0.05, 0.1) is 11.9 Å². The molecule has 0 fully saturated rings. The number of rotatable bonds is 8. The molecule has 0 aliphatic rings. The van der Waals surface area contributed by atoms with Gasteiger partial charge in [0.2, 0.25) is 0 Å². The van der Waals surface area contributed by atoms with Gasteiger partial charge in [0.15, 0.2) is 0 Å². The summed E-state index contributed by atoms with van der Waals surface area (Å²) in [6.07, 6.45) is 9.30. The second kappa shape index (κ2) is 8.55. The van der Waals surface area contributed by atoms with Crippen molar-refractivity contribution in [2.24, 2.45) is 0 Å². The monoisotopic (exact) mass is 375 g/mol. The number of para-hydroxylation sites is 2. The highest BCUT2D eigenvalue weighted by Gasteiger charge is 2.14. The molecule has 0 amide bonds. The summed E-state index contributed by atoms with van der Waals surface area (Å²) in [4.78, 5) is 4.36. The van der Waals surface area contributed by atoms with Gasteiger partial charge >= 0.3 is 0 Å². The van der Waals surface area contributed by atoms with E-state index in [0.717, 1.165) is 58.0 Å². The summed E-state index contributed by atoms with van der Waals surface area (Å²) in [6.45, 7) is 2.22. The van der Waals surface area contributed by atoms with Gasteiger partial charge in [-0.2, -0.15) is 0 Å². The molecule has 0 spiro atoms. The number of unbranched alkanes of at least 4 members (excludes halogenated alkanes) is 5. The Morgan fingerprint density at radius 2 is 1.68 bits per heavy atom. The lowest BCUT2D eigenvalue weighted by Gasteiger charge is -2.07. The first-order valence-electron chi connectivity index (χ1n) is 10.3. The van der Waals surface area contributed by atoms with E-state index in [1.165, 1.54) is 31.9 Å². The Morgan fingerprint density at radius 3 is 2.57 bits per heavy atom. The average Bonchev–Trinajstić information content (AvgIpc) is 3.11. The lowest BCUT2D eigenvalue weighted by molar-refractivity contribution is 0.577. The molecule has 2 heterocycles. The Morgan fingerprint density at radius 1 is 0.893 bits per heavy atom. The standard InChI is InChI=1S/C25H26FNO/c1-2-3-4-5-6-7-11-18-16-23(27-17-22(18)26)21-14-10-13-20-19-12-8-9-15-24(19)28-25(20)21/h8-10,12-17H,2-7,11H2,1H3. The molecule has 3 heteroatoms. The van der Waals surface area contributed by atoms with E-state index in [9.17, 15) is 4.39 Å². The van der Waals surface area contributed by atoms with Gasteiger partial charge < -0.3 is 4.42 Å². The molecule has 0 unspecified atom stereocenters. The number of aromatic nitrogens is 1. The van der Waals surface area contributed by atoms with Crippen molar-refractivity contribution in [3.63, 3.8) is 0 Å². The van der Waals surface area contributed by atoms with Gasteiger partial charge in [0.25, 0.3) is 0 Å². The van der Waals surface area contributed by atoms with Gasteiger partial charge in [-0.25, -0.2) is 4.39 Å². The maximum absolute atomic E-state index is 14.3. The van der Waals surface area contributed by atoms with Crippen LogP contribution < -0.4 is 0 Å². The molecule has 0 saturated carbocycles. The molecule has 4 aromatic rings. The number of hydrogen-bond acceptors (Lipinski definition) is 2. The predicted molar refractivity (Wildman–Crippen MR) is 114 cm³/mol. The third-order valence-electron chi connectivity index (χ3n) is 5.41. The fourth-order valence-corrected chi connectivity index (χ4v) is 3.86. The van der Waals surface area contributed by atoms with Crippen molar-refractivity contribution in [2.75, 3.05) is 0 Å². The van der Waals surface area contributed by atoms with E-state index in [2.05, 4.69) is 24.0 Å². The molecule has 0 radical (unpaired) electrons. The zero-order valence-corrected chi connectivity index (χ0v) is 16.4. The summed E-state index contributed by atoms with van der Waals surface area (Å²) in [5, 5.41) is 2.16. The minimum atomic E-state index is -0.214. The number of pyridine rings is 1. The largest absolute Gasteiger partial charge is 0.455 e. The molecular formula is C25H26FNO. The fourth-order valence-electron chi connectivity index (χ4n) is 3.86. The molecule has 0 saturated heterocycles. The molecule has 144 valence electrons. The molecule has 2 aromatic carbocycles. The van der Waals surface area contributed by atoms with E-state index in [1.807, 2.05) is 36.4 Å². The summed E-state index contributed by atoms with van der Waals surface area (Å²) < 4.78 is 20.4. The number of aryl methyl sites for hydroxylation is 1. The second-order valence-electron chi connectivity index (χ2n) is 7.46. The van der Waals surface area contributed by atoms with Crippen LogP contribution in [0.25, 0.3) is 33.2 Å². The van der Waals surface area contributed by atoms with Crippen molar-refractivity contribution in [1.29, 1.82) is 0 Å². The van der Waals surface area contributed by atoms with Crippen molar-refractivity contribution in [3.05, 3.63) is 66.1 Å². The first-order valence-corrected chi connectivity index (χ1v) is 10.3. The van der Waals surface area contributed by atoms with E-state index in [-0.39, 0.29) is 5.82 Å². The molecule has 0 bridgehead atoms. The highest BCUT2D eigenvalue weighted by atomic mass is 19.1. The summed E-state index contributed by atoms with van der Waals surface area (Å²) in [7, 11) is 0. The van der Waals surface area contributed by atoms with Crippen LogP contribution >= 0.6 is 0 Å². The van der Waals surface area contributed by atoms with Crippen molar-refractivity contribution in [1.82, 2.24) is 4.98 Å². The van der Waals surface area contributed by atoms with Crippen LogP contribution in [0.1, 0.15) is 51.0 Å². The minimum Gasteiger partial charge on any atom is -0.455 e. The number of nitrogens with zero attached hydrogens (tertiary/aromatic N) is 1. The molecule has 2 aromatic heterocycles. The predicted octanol–water partition coefficient (Wildman–Crippen LogP) is 7.69. The summed E-state index contributed by atoms with van der Waals surface area (Å²) >= 11 is 0. The minimum absolute atomic E-state index is 0.214. The quantitative estimate of drug-likeness (QED) is 0.295. The average molecular weight is 375 g/mol. The van der Waals surface area contributed by atoms with Crippen LogP contribution in [0.3, 0.4) is 0 Å². The Labute approximate surface area is 165 Å². The van der Waals surface area contributed by atoms with Gasteiger partial charge in [0, 0.05) is 16.3 Å². The SMILES string of the molecule is CCCCCCCCc1cc(-c2cccc3c2oc2ccccc23)ncc1F. The lowest BCUT2D eigenvalue weighted by Crippen LogP contribution is -1.95. The van der Waals surface area contributed by atoms with Gasteiger partial charge in [-0.05, 0) is 36.6 Å². The molecule has 0 aliphatic heterocycles. The number of hydrogen-bond donors (Lipinski definition) is 0. The van der Waals surface area contributed by atoms with Gasteiger partial charge in [-0.15, -0.1) is 0 Å². The normalized spacial score (nSPS) is 11.5. The van der Waals surface area contributed by atoms with Crippen LogP contribution in [0.15, 0.2) is 59.1 Å². The summed E-state index contributed by atoms with van der Waals surface area (Å²) in [5.74, 6) is -0.214. The van der Waals surface area contributed by atoms with E-state index in [1.54, 1.807) is 0 Å². The molecule has 2 nitrogen and oxygen atoms in total. The number of halogens is 1. The van der Waals surface area contributed by atoms with Crippen molar-refractivity contribution < 1.29 is 8.81 Å². The highest BCUT2D eigenvalue weighted by molar-refractivity contribution is 6.09. The molecule has 28 heavy (non-hydrogen) atoms. The number of fused-ring (bicyclic) bond motifs is 3. The maximum atomic E-state index is 14.3. The smallest absolute Gasteiger partial charge is 0.144 e. The zero-order chi connectivity index (χ0) is 19.3. The summed E-state index contributed by atoms with van der Waals surface area (Å²) in [5.41, 5.74) is 4.10. The van der Waals surface area contributed by atoms with Crippen LogP contribution in [0.2, 0.25) is 0 Å². The molecule has 4 rings (SSSR count). The Kier molecular flexibility index (Phi) is 5.70. The highest BCUT2D eigenvalue weighted by Crippen LogP contribution is 2.35. The molecule has 0 aliphatic carbocycles. The van der Waals surface area contributed by atoms with E-state index >= 15 is 0 Å². The second-order valence-corrected chi connectivity index (χ2v) is 7.46. The van der Waals surface area contributed by atoms with Crippen LogP contribution in [-0.2, 0) is 6.42 Å². The molecule has 0 atom stereocenters. The Balaban J connectivity index is 1.61. The lowest BCUT2D eigenvalue weighted by atomic mass is 10.0.